The van der Waals surface area contributed by atoms with Crippen molar-refractivity contribution in [2.75, 3.05) is 0 Å². The molecular formula is C24H37Na3O10S2. The number of carbonyl (C=O) groups excluding carboxylic acids is 1. The van der Waals surface area contributed by atoms with Gasteiger partial charge in [0.2, 0.25) is 20.8 Å². The molecule has 0 radical (unpaired) electrons. The number of fused-ring (bicyclic) bond motifs is 5. The fourth-order valence-electron chi connectivity index (χ4n) is 9.19. The third-order valence-corrected chi connectivity index (χ3v) is 11.7. The van der Waals surface area contributed by atoms with Crippen LogP contribution in [0.3, 0.4) is 0 Å². The van der Waals surface area contributed by atoms with Gasteiger partial charge in [-0.3, -0.25) is 8.37 Å². The maximum absolute atomic E-state index is 11.8. The Balaban J connectivity index is 0.00000253. The summed E-state index contributed by atoms with van der Waals surface area (Å²) in [6, 6.07) is 0. The first kappa shape index (κ1) is 39.2. The van der Waals surface area contributed by atoms with Gasteiger partial charge in [0, 0.05) is 5.97 Å². The molecule has 0 aliphatic heterocycles. The van der Waals surface area contributed by atoms with E-state index in [1.54, 1.807) is 0 Å². The van der Waals surface area contributed by atoms with E-state index in [0.29, 0.717) is 25.7 Å². The number of carboxylic acid groups (broad SMARTS) is 1. The molecule has 0 aromatic heterocycles. The zero-order valence-corrected chi connectivity index (χ0v) is 31.7. The smallest absolute Gasteiger partial charge is 0.726 e. The van der Waals surface area contributed by atoms with E-state index >= 15 is 0 Å². The second kappa shape index (κ2) is 14.5. The van der Waals surface area contributed by atoms with Gasteiger partial charge >= 0.3 is 88.7 Å². The zero-order valence-electron chi connectivity index (χ0n) is 24.1. The van der Waals surface area contributed by atoms with Crippen molar-refractivity contribution in [1.29, 1.82) is 0 Å². The van der Waals surface area contributed by atoms with Crippen LogP contribution in [0.1, 0.15) is 85.0 Å². The Morgan fingerprint density at radius 3 is 2.00 bits per heavy atom. The summed E-state index contributed by atoms with van der Waals surface area (Å²) >= 11 is 0. The Kier molecular flexibility index (Phi) is 14.6. The SMILES string of the molecule is C[C@H](CCC(=O)[O-])[C@H]1CCC2C3C(CC[C@@]21C)[C@@]1(C)CC[C@@H](OS(=O)(=O)[O-])C[C@H]1C[C@@H]3OS(=O)(=O)[O-].[Na+].[Na+].[Na+]. The molecule has 0 bridgehead atoms. The van der Waals surface area contributed by atoms with Crippen molar-refractivity contribution in [2.45, 2.75) is 97.2 Å². The van der Waals surface area contributed by atoms with Crippen molar-refractivity contribution in [2.24, 2.45) is 46.3 Å². The first-order valence-electron chi connectivity index (χ1n) is 13.0. The number of rotatable bonds is 8. The Morgan fingerprint density at radius 1 is 0.872 bits per heavy atom. The quantitative estimate of drug-likeness (QED) is 0.145. The van der Waals surface area contributed by atoms with Gasteiger partial charge in [-0.25, -0.2) is 16.8 Å². The molecule has 0 heterocycles. The van der Waals surface area contributed by atoms with Gasteiger partial charge in [0.25, 0.3) is 0 Å². The summed E-state index contributed by atoms with van der Waals surface area (Å²) in [6.45, 7) is 6.46. The van der Waals surface area contributed by atoms with E-state index in [1.807, 2.05) is 0 Å². The molecule has 4 saturated carbocycles. The summed E-state index contributed by atoms with van der Waals surface area (Å²) in [4.78, 5) is 11.0. The van der Waals surface area contributed by atoms with Crippen LogP contribution in [0.15, 0.2) is 0 Å². The average Bonchev–Trinajstić information content (AvgIpc) is 3.08. The molecule has 10 nitrogen and oxygen atoms in total. The van der Waals surface area contributed by atoms with Crippen molar-refractivity contribution in [3.63, 3.8) is 0 Å². The monoisotopic (exact) mass is 618 g/mol. The predicted molar refractivity (Wildman–Crippen MR) is 123 cm³/mol. The van der Waals surface area contributed by atoms with Crippen molar-refractivity contribution >= 4 is 26.8 Å². The van der Waals surface area contributed by atoms with E-state index in [9.17, 15) is 35.8 Å². The molecule has 208 valence electrons. The minimum absolute atomic E-state index is 0. The van der Waals surface area contributed by atoms with Crippen LogP contribution in [0.4, 0.5) is 0 Å². The van der Waals surface area contributed by atoms with Gasteiger partial charge < -0.3 is 19.0 Å². The number of hydrogen-bond acceptors (Lipinski definition) is 10. The van der Waals surface area contributed by atoms with Gasteiger partial charge in [0.15, 0.2) is 0 Å². The Hall–Kier alpha value is 2.21. The van der Waals surface area contributed by atoms with Crippen molar-refractivity contribution in [3.8, 4) is 0 Å². The van der Waals surface area contributed by atoms with Gasteiger partial charge in [0.05, 0.1) is 12.2 Å². The largest absolute Gasteiger partial charge is 1.00 e. The van der Waals surface area contributed by atoms with Crippen LogP contribution in [-0.2, 0) is 34.0 Å². The van der Waals surface area contributed by atoms with Crippen LogP contribution in [0.25, 0.3) is 0 Å². The van der Waals surface area contributed by atoms with Crippen molar-refractivity contribution < 1.29 is 133 Å². The summed E-state index contributed by atoms with van der Waals surface area (Å²) in [6.07, 6.45) is 4.10. The van der Waals surface area contributed by atoms with E-state index in [-0.39, 0.29) is 148 Å². The fraction of sp³-hybridized carbons (Fsp3) is 0.958. The molecule has 39 heavy (non-hydrogen) atoms. The molecule has 4 aliphatic rings. The number of hydrogen-bond donors (Lipinski definition) is 0. The van der Waals surface area contributed by atoms with Crippen molar-refractivity contribution in [3.05, 3.63) is 0 Å². The zero-order chi connectivity index (χ0) is 26.7. The molecule has 4 aliphatic carbocycles. The maximum atomic E-state index is 11.8. The second-order valence-electron chi connectivity index (χ2n) is 12.3. The summed E-state index contributed by atoms with van der Waals surface area (Å²) in [5, 5.41) is 11.0. The standard InChI is InChI=1S/C24H40O10S2.3Na/c1-14(4-7-21(25)26)17-5-6-18-22-19(9-11-24(17,18)3)23(2)10-8-16(33-35(27,28)29)12-15(23)13-20(22)34-36(30,31)32;;;/h14-20,22H,4-13H2,1-3H3,(H,25,26)(H,27,28,29)(H,30,31,32);;;/q;3*+1/p-3/t14-,15+,16-,17-,18?,19?,20+,22?,23+,24-;;;/m1.../s1. The summed E-state index contributed by atoms with van der Waals surface area (Å²) < 4.78 is 78.9. The molecule has 4 rings (SSSR count). The molecule has 0 aromatic rings. The Morgan fingerprint density at radius 2 is 1.44 bits per heavy atom. The molecule has 3 unspecified atom stereocenters. The fourth-order valence-corrected chi connectivity index (χ4v) is 10.2. The first-order valence-corrected chi connectivity index (χ1v) is 15.7. The van der Waals surface area contributed by atoms with E-state index in [0.717, 1.165) is 25.7 Å². The number of carbonyl (C=O) groups is 1. The van der Waals surface area contributed by atoms with Gasteiger partial charge in [-0.1, -0.05) is 20.8 Å². The third-order valence-electron chi connectivity index (χ3n) is 10.7. The van der Waals surface area contributed by atoms with Gasteiger partial charge in [-0.15, -0.1) is 0 Å². The Bertz CT molecular complexity index is 1070. The molecular weight excluding hydrogens is 581 g/mol. The van der Waals surface area contributed by atoms with Crippen LogP contribution < -0.4 is 93.8 Å². The predicted octanol–water partition coefficient (Wildman–Crippen LogP) is -6.88. The minimum atomic E-state index is -4.97. The van der Waals surface area contributed by atoms with Gasteiger partial charge in [-0.2, -0.15) is 0 Å². The Labute approximate surface area is 299 Å². The topological polar surface area (TPSA) is 173 Å². The van der Waals surface area contributed by atoms with Crippen LogP contribution >= 0.6 is 0 Å². The summed E-state index contributed by atoms with van der Waals surface area (Å²) in [5.41, 5.74) is -0.343. The molecule has 0 N–H and O–H groups in total. The average molecular weight is 619 g/mol. The van der Waals surface area contributed by atoms with Gasteiger partial charge in [-0.05, 0) is 111 Å². The maximum Gasteiger partial charge on any atom is 1.00 e. The van der Waals surface area contributed by atoms with E-state index < -0.39 is 39.0 Å². The molecule has 0 aromatic carbocycles. The van der Waals surface area contributed by atoms with Crippen LogP contribution in [0.5, 0.6) is 0 Å². The molecule has 15 heteroatoms. The number of carboxylic acids is 1. The van der Waals surface area contributed by atoms with Crippen molar-refractivity contribution in [1.82, 2.24) is 0 Å². The molecule has 0 spiro atoms. The second-order valence-corrected chi connectivity index (χ2v) is 14.3. The molecule has 4 fully saturated rings. The van der Waals surface area contributed by atoms with Crippen LogP contribution in [0, 0.1) is 46.3 Å². The van der Waals surface area contributed by atoms with E-state index in [1.165, 1.54) is 0 Å². The number of aliphatic carboxylic acids is 1. The summed E-state index contributed by atoms with van der Waals surface area (Å²) in [5.74, 6) is -0.678. The minimum Gasteiger partial charge on any atom is -0.726 e. The van der Waals surface area contributed by atoms with Gasteiger partial charge in [0.1, 0.15) is 0 Å². The third kappa shape index (κ3) is 8.69. The van der Waals surface area contributed by atoms with Crippen LogP contribution in [0.2, 0.25) is 0 Å². The normalized spacial score (nSPS) is 40.4. The van der Waals surface area contributed by atoms with Crippen LogP contribution in [-0.4, -0.2) is 44.1 Å². The molecule has 0 amide bonds. The summed E-state index contributed by atoms with van der Waals surface area (Å²) in [7, 11) is -9.83. The molecule has 10 atom stereocenters. The first-order chi connectivity index (χ1) is 16.5. The van der Waals surface area contributed by atoms with E-state index in [4.69, 9.17) is 8.37 Å². The van der Waals surface area contributed by atoms with E-state index in [2.05, 4.69) is 20.8 Å². The molecule has 0 saturated heterocycles.